The molecular weight excluding hydrogens is 280 g/mol. The summed E-state index contributed by atoms with van der Waals surface area (Å²) in [6, 6.07) is 4.66. The molecule has 0 aliphatic heterocycles. The summed E-state index contributed by atoms with van der Waals surface area (Å²) in [5, 5.41) is 23.0. The maximum absolute atomic E-state index is 11.2. The lowest BCUT2D eigenvalue weighted by atomic mass is 10.0. The van der Waals surface area contributed by atoms with Crippen LogP contribution >= 0.6 is 0 Å². The van der Waals surface area contributed by atoms with Gasteiger partial charge in [0.2, 0.25) is 0 Å². The monoisotopic (exact) mass is 306 g/mol. The molecule has 122 valence electrons. The number of nitrogens with two attached hydrogens (primary N) is 1. The van der Waals surface area contributed by atoms with E-state index < -0.39 is 12.0 Å². The van der Waals surface area contributed by atoms with E-state index in [2.05, 4.69) is 25.2 Å². The standard InChI is InChI=1S/C17H26N2O3/c1-4-11(2)5-6-12(3)19-10-16(21)13-7-8-15(20)14(9-13)17(18)22/h4,7-9,12,16,19-21H,5-6,10H2,1-3H3,(H2,18,22)/b11-4+. The second-order valence-corrected chi connectivity index (χ2v) is 5.64. The van der Waals surface area contributed by atoms with Crippen LogP contribution in [0.25, 0.3) is 0 Å². The first-order valence-corrected chi connectivity index (χ1v) is 7.51. The number of carbonyl (C=O) groups excluding carboxylic acids is 1. The predicted octanol–water partition coefficient (Wildman–Crippen LogP) is 2.25. The van der Waals surface area contributed by atoms with Gasteiger partial charge in [-0.1, -0.05) is 17.7 Å². The number of rotatable bonds is 8. The van der Waals surface area contributed by atoms with Gasteiger partial charge in [-0.3, -0.25) is 4.79 Å². The third kappa shape index (κ3) is 5.50. The Kier molecular flexibility index (Phi) is 7.08. The van der Waals surface area contributed by atoms with Crippen LogP contribution in [0.1, 0.15) is 55.6 Å². The second-order valence-electron chi connectivity index (χ2n) is 5.64. The zero-order valence-electron chi connectivity index (χ0n) is 13.5. The highest BCUT2D eigenvalue weighted by Gasteiger charge is 2.14. The highest BCUT2D eigenvalue weighted by Crippen LogP contribution is 2.22. The molecule has 0 radical (unpaired) electrons. The van der Waals surface area contributed by atoms with Crippen molar-refractivity contribution < 1.29 is 15.0 Å². The van der Waals surface area contributed by atoms with Gasteiger partial charge in [0.25, 0.3) is 5.91 Å². The van der Waals surface area contributed by atoms with Crippen molar-refractivity contribution in [1.82, 2.24) is 5.32 Å². The number of primary amides is 1. The maximum Gasteiger partial charge on any atom is 0.252 e. The van der Waals surface area contributed by atoms with Gasteiger partial charge in [-0.25, -0.2) is 0 Å². The Morgan fingerprint density at radius 1 is 1.45 bits per heavy atom. The van der Waals surface area contributed by atoms with Crippen molar-refractivity contribution >= 4 is 5.91 Å². The number of phenols is 1. The number of nitrogens with one attached hydrogen (secondary N) is 1. The normalized spacial score (nSPS) is 14.6. The summed E-state index contributed by atoms with van der Waals surface area (Å²) in [5.41, 5.74) is 7.10. The van der Waals surface area contributed by atoms with Crippen LogP contribution in [-0.2, 0) is 0 Å². The van der Waals surface area contributed by atoms with Crippen LogP contribution in [0.3, 0.4) is 0 Å². The molecule has 5 heteroatoms. The van der Waals surface area contributed by atoms with E-state index in [-0.39, 0.29) is 17.4 Å². The lowest BCUT2D eigenvalue weighted by molar-refractivity contribution is 0.0997. The molecule has 0 aliphatic rings. The fourth-order valence-corrected chi connectivity index (χ4v) is 2.08. The minimum absolute atomic E-state index is 0.0216. The van der Waals surface area contributed by atoms with E-state index in [0.29, 0.717) is 12.1 Å². The van der Waals surface area contributed by atoms with Crippen molar-refractivity contribution in [2.24, 2.45) is 5.73 Å². The van der Waals surface area contributed by atoms with E-state index >= 15 is 0 Å². The Labute approximate surface area is 131 Å². The molecule has 5 nitrogen and oxygen atoms in total. The van der Waals surface area contributed by atoms with Crippen LogP contribution in [0, 0.1) is 0 Å². The Morgan fingerprint density at radius 3 is 2.73 bits per heavy atom. The molecule has 0 fully saturated rings. The number of carbonyl (C=O) groups is 1. The number of aromatic hydroxyl groups is 1. The number of hydrogen-bond donors (Lipinski definition) is 4. The van der Waals surface area contributed by atoms with Crippen molar-refractivity contribution in [2.75, 3.05) is 6.54 Å². The van der Waals surface area contributed by atoms with E-state index in [9.17, 15) is 15.0 Å². The molecule has 0 aliphatic carbocycles. The van der Waals surface area contributed by atoms with Gasteiger partial charge >= 0.3 is 0 Å². The topological polar surface area (TPSA) is 95.6 Å². The zero-order valence-corrected chi connectivity index (χ0v) is 13.5. The molecule has 5 N–H and O–H groups in total. The van der Waals surface area contributed by atoms with Crippen LogP contribution in [0.4, 0.5) is 0 Å². The van der Waals surface area contributed by atoms with Crippen LogP contribution in [0.2, 0.25) is 0 Å². The number of aliphatic hydroxyl groups excluding tert-OH is 1. The molecule has 0 saturated heterocycles. The summed E-state index contributed by atoms with van der Waals surface area (Å²) in [4.78, 5) is 11.2. The molecule has 0 heterocycles. The first-order chi connectivity index (χ1) is 10.3. The van der Waals surface area contributed by atoms with Gasteiger partial charge in [-0.05, 0) is 51.3 Å². The fraction of sp³-hybridized carbons (Fsp3) is 0.471. The Hall–Kier alpha value is -1.85. The smallest absolute Gasteiger partial charge is 0.252 e. The lowest BCUT2D eigenvalue weighted by Gasteiger charge is -2.18. The average molecular weight is 306 g/mol. The number of amides is 1. The van der Waals surface area contributed by atoms with Gasteiger partial charge in [0.1, 0.15) is 5.75 Å². The van der Waals surface area contributed by atoms with Gasteiger partial charge in [0, 0.05) is 12.6 Å². The van der Waals surface area contributed by atoms with Crippen molar-refractivity contribution in [2.45, 2.75) is 45.8 Å². The first-order valence-electron chi connectivity index (χ1n) is 7.51. The molecule has 1 amide bonds. The van der Waals surface area contributed by atoms with E-state index in [4.69, 9.17) is 5.73 Å². The molecule has 0 aromatic heterocycles. The van der Waals surface area contributed by atoms with E-state index in [1.165, 1.54) is 17.7 Å². The average Bonchev–Trinajstić information content (AvgIpc) is 2.50. The molecule has 22 heavy (non-hydrogen) atoms. The molecule has 1 aromatic carbocycles. The SMILES string of the molecule is C/C=C(\C)CCC(C)NCC(O)c1ccc(O)c(C(N)=O)c1. The molecule has 2 atom stereocenters. The van der Waals surface area contributed by atoms with E-state index in [1.807, 2.05) is 6.92 Å². The van der Waals surface area contributed by atoms with Crippen LogP contribution in [-0.4, -0.2) is 28.7 Å². The quantitative estimate of drug-likeness (QED) is 0.554. The van der Waals surface area contributed by atoms with Crippen LogP contribution < -0.4 is 11.1 Å². The maximum atomic E-state index is 11.2. The largest absolute Gasteiger partial charge is 0.507 e. The van der Waals surface area contributed by atoms with Gasteiger partial charge in [0.05, 0.1) is 11.7 Å². The Morgan fingerprint density at radius 2 is 2.14 bits per heavy atom. The minimum Gasteiger partial charge on any atom is -0.507 e. The minimum atomic E-state index is -0.760. The number of hydrogen-bond acceptors (Lipinski definition) is 4. The van der Waals surface area contributed by atoms with Gasteiger partial charge in [-0.15, -0.1) is 0 Å². The summed E-state index contributed by atoms with van der Waals surface area (Å²) in [5.74, 6) is -0.888. The van der Waals surface area contributed by atoms with Crippen molar-refractivity contribution in [3.05, 3.63) is 41.0 Å². The molecule has 1 rings (SSSR count). The molecule has 2 unspecified atom stereocenters. The van der Waals surface area contributed by atoms with E-state index in [1.54, 1.807) is 6.07 Å². The third-order valence-electron chi connectivity index (χ3n) is 3.79. The fourth-order valence-electron chi connectivity index (χ4n) is 2.08. The molecule has 0 spiro atoms. The summed E-state index contributed by atoms with van der Waals surface area (Å²) in [6.45, 7) is 6.57. The summed E-state index contributed by atoms with van der Waals surface area (Å²) in [7, 11) is 0. The van der Waals surface area contributed by atoms with Gasteiger partial charge in [-0.2, -0.15) is 0 Å². The highest BCUT2D eigenvalue weighted by molar-refractivity contribution is 5.95. The van der Waals surface area contributed by atoms with Gasteiger partial charge < -0.3 is 21.3 Å². The summed E-state index contributed by atoms with van der Waals surface area (Å²) < 4.78 is 0. The van der Waals surface area contributed by atoms with Crippen LogP contribution in [0.5, 0.6) is 5.75 Å². The summed E-state index contributed by atoms with van der Waals surface area (Å²) >= 11 is 0. The first kappa shape index (κ1) is 18.2. The highest BCUT2D eigenvalue weighted by atomic mass is 16.3. The van der Waals surface area contributed by atoms with Crippen molar-refractivity contribution in [3.8, 4) is 5.75 Å². The second kappa shape index (κ2) is 8.56. The number of allylic oxidation sites excluding steroid dienone is 2. The van der Waals surface area contributed by atoms with Gasteiger partial charge in [0.15, 0.2) is 0 Å². The Bertz CT molecular complexity index is 541. The Balaban J connectivity index is 2.57. The number of aliphatic hydroxyl groups is 1. The van der Waals surface area contributed by atoms with E-state index in [0.717, 1.165) is 12.8 Å². The van der Waals surface area contributed by atoms with Crippen LogP contribution in [0.15, 0.2) is 29.8 Å². The van der Waals surface area contributed by atoms with Crippen molar-refractivity contribution in [1.29, 1.82) is 0 Å². The number of benzene rings is 1. The molecule has 0 bridgehead atoms. The predicted molar refractivity (Wildman–Crippen MR) is 87.7 cm³/mol. The molecule has 0 saturated carbocycles. The lowest BCUT2D eigenvalue weighted by Crippen LogP contribution is -2.30. The van der Waals surface area contributed by atoms with Crippen molar-refractivity contribution in [3.63, 3.8) is 0 Å². The zero-order chi connectivity index (χ0) is 16.7. The third-order valence-corrected chi connectivity index (χ3v) is 3.79. The molecule has 1 aromatic rings. The summed E-state index contributed by atoms with van der Waals surface area (Å²) in [6.07, 6.45) is 3.35. The molecular formula is C17H26N2O3.